The maximum atomic E-state index is 12.0. The Balaban J connectivity index is 2.26. The molecule has 0 spiro atoms. The Kier molecular flexibility index (Phi) is 5.78. The third kappa shape index (κ3) is 4.11. The quantitative estimate of drug-likeness (QED) is 0.613. The number of carbonyl (C=O) groups is 1. The molecule has 2 aromatic rings. The summed E-state index contributed by atoms with van der Waals surface area (Å²) < 4.78 is 5.09. The summed E-state index contributed by atoms with van der Waals surface area (Å²) in [5.41, 5.74) is 3.82. The number of rotatable bonds is 5. The SMILES string of the molecule is CCOC(=O)c1ccccc1CSc1nc(C)cc(C)c1C#N. The van der Waals surface area contributed by atoms with Crippen LogP contribution in [0.2, 0.25) is 0 Å². The molecule has 23 heavy (non-hydrogen) atoms. The molecule has 5 heteroatoms. The van der Waals surface area contributed by atoms with Gasteiger partial charge in [0.15, 0.2) is 0 Å². The van der Waals surface area contributed by atoms with E-state index in [1.165, 1.54) is 11.8 Å². The number of aromatic nitrogens is 1. The molecule has 0 aliphatic heterocycles. The summed E-state index contributed by atoms with van der Waals surface area (Å²) in [4.78, 5) is 16.5. The van der Waals surface area contributed by atoms with E-state index < -0.39 is 0 Å². The summed E-state index contributed by atoms with van der Waals surface area (Å²) in [6.07, 6.45) is 0. The van der Waals surface area contributed by atoms with Crippen molar-refractivity contribution < 1.29 is 9.53 Å². The van der Waals surface area contributed by atoms with Gasteiger partial charge in [0, 0.05) is 11.4 Å². The number of hydrogen-bond acceptors (Lipinski definition) is 5. The average molecular weight is 326 g/mol. The van der Waals surface area contributed by atoms with Crippen LogP contribution >= 0.6 is 11.8 Å². The maximum Gasteiger partial charge on any atom is 0.338 e. The Bertz CT molecular complexity index is 766. The molecule has 0 atom stereocenters. The first-order chi connectivity index (χ1) is 11.1. The van der Waals surface area contributed by atoms with Gasteiger partial charge < -0.3 is 4.74 Å². The Morgan fingerprint density at radius 2 is 2.09 bits per heavy atom. The first-order valence-corrected chi connectivity index (χ1v) is 8.31. The van der Waals surface area contributed by atoms with E-state index in [0.717, 1.165) is 16.8 Å². The summed E-state index contributed by atoms with van der Waals surface area (Å²) in [7, 11) is 0. The van der Waals surface area contributed by atoms with Crippen LogP contribution in [0.3, 0.4) is 0 Å². The normalized spacial score (nSPS) is 10.2. The third-order valence-corrected chi connectivity index (χ3v) is 4.32. The predicted molar refractivity (Wildman–Crippen MR) is 90.4 cm³/mol. The van der Waals surface area contributed by atoms with E-state index >= 15 is 0 Å². The molecule has 1 aromatic carbocycles. The number of carbonyl (C=O) groups excluding carboxylic acids is 1. The molecule has 0 N–H and O–H groups in total. The predicted octanol–water partition coefficient (Wildman–Crippen LogP) is 4.04. The molecule has 0 saturated carbocycles. The van der Waals surface area contributed by atoms with Gasteiger partial charge in [-0.1, -0.05) is 18.2 Å². The van der Waals surface area contributed by atoms with Crippen LogP contribution in [0, 0.1) is 25.2 Å². The maximum absolute atomic E-state index is 12.0. The number of aryl methyl sites for hydroxylation is 2. The highest BCUT2D eigenvalue weighted by Gasteiger charge is 2.14. The molecule has 0 amide bonds. The van der Waals surface area contributed by atoms with Gasteiger partial charge in [-0.25, -0.2) is 9.78 Å². The van der Waals surface area contributed by atoms with Crippen molar-refractivity contribution in [2.24, 2.45) is 0 Å². The number of thioether (sulfide) groups is 1. The molecule has 118 valence electrons. The van der Waals surface area contributed by atoms with Crippen LogP contribution < -0.4 is 0 Å². The van der Waals surface area contributed by atoms with Gasteiger partial charge in [-0.2, -0.15) is 5.26 Å². The number of nitrogens with zero attached hydrogens (tertiary/aromatic N) is 2. The highest BCUT2D eigenvalue weighted by Crippen LogP contribution is 2.28. The lowest BCUT2D eigenvalue weighted by Crippen LogP contribution is -2.07. The summed E-state index contributed by atoms with van der Waals surface area (Å²) in [6.45, 7) is 5.94. The average Bonchev–Trinajstić information content (AvgIpc) is 2.53. The largest absolute Gasteiger partial charge is 0.462 e. The number of esters is 1. The standard InChI is InChI=1S/C18H18N2O2S/c1-4-22-18(21)15-8-6-5-7-14(15)11-23-17-16(10-19)12(2)9-13(3)20-17/h5-9H,4,11H2,1-3H3. The fourth-order valence-corrected chi connectivity index (χ4v) is 3.35. The fraction of sp³-hybridized carbons (Fsp3) is 0.278. The Hall–Kier alpha value is -2.32. The van der Waals surface area contributed by atoms with Crippen LogP contribution in [0.5, 0.6) is 0 Å². The highest BCUT2D eigenvalue weighted by molar-refractivity contribution is 7.98. The summed E-state index contributed by atoms with van der Waals surface area (Å²) >= 11 is 1.46. The number of benzene rings is 1. The lowest BCUT2D eigenvalue weighted by atomic mass is 10.1. The minimum absolute atomic E-state index is 0.322. The molecule has 0 fully saturated rings. The number of pyridine rings is 1. The Morgan fingerprint density at radius 3 is 2.78 bits per heavy atom. The van der Waals surface area contributed by atoms with Crippen molar-refractivity contribution in [3.8, 4) is 6.07 Å². The van der Waals surface area contributed by atoms with E-state index in [1.54, 1.807) is 13.0 Å². The minimum Gasteiger partial charge on any atom is -0.462 e. The van der Waals surface area contributed by atoms with Crippen LogP contribution in [-0.2, 0) is 10.5 Å². The van der Waals surface area contributed by atoms with Gasteiger partial charge in [0.05, 0.1) is 17.7 Å². The second-order valence-electron chi connectivity index (χ2n) is 5.04. The summed E-state index contributed by atoms with van der Waals surface area (Å²) in [6, 6.07) is 11.5. The molecule has 1 aromatic heterocycles. The molecule has 0 saturated heterocycles. The molecule has 0 aliphatic carbocycles. The zero-order valence-electron chi connectivity index (χ0n) is 13.4. The van der Waals surface area contributed by atoms with Crippen molar-refractivity contribution in [1.82, 2.24) is 4.98 Å². The van der Waals surface area contributed by atoms with Crippen molar-refractivity contribution in [2.75, 3.05) is 6.61 Å². The summed E-state index contributed by atoms with van der Waals surface area (Å²) in [5, 5.41) is 10.0. The third-order valence-electron chi connectivity index (χ3n) is 3.30. The van der Waals surface area contributed by atoms with Gasteiger partial charge in [-0.15, -0.1) is 11.8 Å². The molecular formula is C18H18N2O2S. The zero-order chi connectivity index (χ0) is 16.8. The van der Waals surface area contributed by atoms with Crippen molar-refractivity contribution in [1.29, 1.82) is 5.26 Å². The van der Waals surface area contributed by atoms with Gasteiger partial charge in [-0.3, -0.25) is 0 Å². The van der Waals surface area contributed by atoms with Crippen molar-refractivity contribution in [2.45, 2.75) is 31.6 Å². The van der Waals surface area contributed by atoms with E-state index in [9.17, 15) is 10.1 Å². The fourth-order valence-electron chi connectivity index (χ4n) is 2.24. The van der Waals surface area contributed by atoms with Crippen LogP contribution in [0.1, 0.15) is 39.7 Å². The van der Waals surface area contributed by atoms with Gasteiger partial charge >= 0.3 is 5.97 Å². The minimum atomic E-state index is -0.322. The van der Waals surface area contributed by atoms with Gasteiger partial charge in [-0.05, 0) is 44.0 Å². The lowest BCUT2D eigenvalue weighted by Gasteiger charge is -2.10. The van der Waals surface area contributed by atoms with Crippen LogP contribution in [0.15, 0.2) is 35.4 Å². The molecular weight excluding hydrogens is 308 g/mol. The van der Waals surface area contributed by atoms with E-state index in [2.05, 4.69) is 11.1 Å². The highest BCUT2D eigenvalue weighted by atomic mass is 32.2. The van der Waals surface area contributed by atoms with E-state index in [4.69, 9.17) is 4.74 Å². The number of hydrogen-bond donors (Lipinski definition) is 0. The molecule has 0 bridgehead atoms. The molecule has 4 nitrogen and oxygen atoms in total. The molecule has 0 radical (unpaired) electrons. The lowest BCUT2D eigenvalue weighted by molar-refractivity contribution is 0.0525. The van der Waals surface area contributed by atoms with Gasteiger partial charge in [0.25, 0.3) is 0 Å². The van der Waals surface area contributed by atoms with Crippen molar-refractivity contribution in [3.05, 3.63) is 58.3 Å². The second kappa shape index (κ2) is 7.80. The van der Waals surface area contributed by atoms with E-state index in [1.807, 2.05) is 38.1 Å². The zero-order valence-corrected chi connectivity index (χ0v) is 14.2. The topological polar surface area (TPSA) is 63.0 Å². The van der Waals surface area contributed by atoms with Crippen molar-refractivity contribution in [3.63, 3.8) is 0 Å². The van der Waals surface area contributed by atoms with Gasteiger partial charge in [0.2, 0.25) is 0 Å². The molecule has 2 rings (SSSR count). The van der Waals surface area contributed by atoms with E-state index in [-0.39, 0.29) is 5.97 Å². The molecule has 0 aliphatic rings. The Morgan fingerprint density at radius 1 is 1.35 bits per heavy atom. The first kappa shape index (κ1) is 17.0. The number of nitriles is 1. The monoisotopic (exact) mass is 326 g/mol. The Labute approximate surface area is 140 Å². The van der Waals surface area contributed by atoms with E-state index in [0.29, 0.717) is 28.5 Å². The summed E-state index contributed by atoms with van der Waals surface area (Å²) in [5.74, 6) is 0.233. The van der Waals surface area contributed by atoms with Crippen LogP contribution in [0.25, 0.3) is 0 Å². The molecule has 1 heterocycles. The van der Waals surface area contributed by atoms with Gasteiger partial charge in [0.1, 0.15) is 11.1 Å². The smallest absolute Gasteiger partial charge is 0.338 e. The first-order valence-electron chi connectivity index (χ1n) is 7.33. The van der Waals surface area contributed by atoms with Crippen molar-refractivity contribution >= 4 is 17.7 Å². The number of ether oxygens (including phenoxy) is 1. The second-order valence-corrected chi connectivity index (χ2v) is 6.00. The van der Waals surface area contributed by atoms with Crippen LogP contribution in [-0.4, -0.2) is 17.6 Å². The molecule has 0 unspecified atom stereocenters. The van der Waals surface area contributed by atoms with Crippen LogP contribution in [0.4, 0.5) is 0 Å².